The first-order valence-electron chi connectivity index (χ1n) is 10.9. The third-order valence-electron chi connectivity index (χ3n) is 6.78. The van der Waals surface area contributed by atoms with Crippen LogP contribution in [0.2, 0.25) is 0 Å². The topological polar surface area (TPSA) is 71.5 Å². The molecule has 0 spiro atoms. The number of anilines is 1. The van der Waals surface area contributed by atoms with Crippen LogP contribution in [0, 0.1) is 11.3 Å². The smallest absolute Gasteiger partial charge is 0.238 e. The van der Waals surface area contributed by atoms with Crippen molar-refractivity contribution in [3.8, 4) is 0 Å². The summed E-state index contributed by atoms with van der Waals surface area (Å²) in [4.78, 5) is 53.5. The largest absolute Gasteiger partial charge is 0.299 e. The fourth-order valence-corrected chi connectivity index (χ4v) is 6.01. The van der Waals surface area contributed by atoms with E-state index in [0.29, 0.717) is 18.5 Å². The minimum absolute atomic E-state index is 0.103. The van der Waals surface area contributed by atoms with Crippen LogP contribution in [0.1, 0.15) is 85.3 Å². The molecule has 5 nitrogen and oxygen atoms in total. The zero-order chi connectivity index (χ0) is 23.5. The van der Waals surface area contributed by atoms with Crippen molar-refractivity contribution in [2.45, 2.75) is 85.0 Å². The summed E-state index contributed by atoms with van der Waals surface area (Å²) in [6.45, 7) is 13.7. The molecule has 2 fully saturated rings. The second-order valence-corrected chi connectivity index (χ2v) is 11.8. The molecule has 0 unspecified atom stereocenters. The molecule has 31 heavy (non-hydrogen) atoms. The zero-order valence-electron chi connectivity index (χ0n) is 19.5. The second kappa shape index (κ2) is 7.65. The number of halogens is 1. The van der Waals surface area contributed by atoms with Crippen molar-refractivity contribution in [2.75, 3.05) is 4.90 Å². The number of hydrogen-bond acceptors (Lipinski definition) is 4. The van der Waals surface area contributed by atoms with E-state index >= 15 is 0 Å². The molecule has 168 valence electrons. The van der Waals surface area contributed by atoms with Gasteiger partial charge in [-0.15, -0.1) is 0 Å². The highest BCUT2D eigenvalue weighted by molar-refractivity contribution is 9.10. The summed E-state index contributed by atoms with van der Waals surface area (Å²) >= 11 is 3.67. The zero-order valence-corrected chi connectivity index (χ0v) is 21.1. The Kier molecular flexibility index (Phi) is 5.88. The molecule has 1 aliphatic heterocycles. The lowest BCUT2D eigenvalue weighted by molar-refractivity contribution is -0.145. The summed E-state index contributed by atoms with van der Waals surface area (Å²) in [6, 6.07) is 3.91. The number of imide groups is 1. The van der Waals surface area contributed by atoms with E-state index in [-0.39, 0.29) is 41.1 Å². The number of rotatable bonds is 3. The average molecular weight is 490 g/mol. The Morgan fingerprint density at radius 2 is 1.61 bits per heavy atom. The number of Topliss-reactive ketones (excluding diaryl/α,β-unsaturated/α-hetero) is 2. The van der Waals surface area contributed by atoms with Crippen LogP contribution in [0.15, 0.2) is 16.6 Å². The van der Waals surface area contributed by atoms with Gasteiger partial charge in [0, 0.05) is 17.3 Å². The summed E-state index contributed by atoms with van der Waals surface area (Å²) in [7, 11) is 0. The molecule has 0 radical (unpaired) electrons. The van der Waals surface area contributed by atoms with Crippen LogP contribution in [0.25, 0.3) is 0 Å². The molecular weight excluding hydrogens is 458 g/mol. The van der Waals surface area contributed by atoms with E-state index in [1.54, 1.807) is 0 Å². The molecule has 2 amide bonds. The van der Waals surface area contributed by atoms with Crippen molar-refractivity contribution >= 4 is 45.0 Å². The van der Waals surface area contributed by atoms with Gasteiger partial charge in [0.05, 0.1) is 17.0 Å². The van der Waals surface area contributed by atoms with E-state index in [4.69, 9.17) is 0 Å². The maximum absolute atomic E-state index is 13.7. The van der Waals surface area contributed by atoms with Gasteiger partial charge in [-0.05, 0) is 53.9 Å². The first-order valence-corrected chi connectivity index (χ1v) is 11.7. The highest BCUT2D eigenvalue weighted by Gasteiger charge is 2.59. The minimum Gasteiger partial charge on any atom is -0.299 e. The van der Waals surface area contributed by atoms with Crippen LogP contribution in [0.3, 0.4) is 0 Å². The Morgan fingerprint density at radius 3 is 2.06 bits per heavy atom. The van der Waals surface area contributed by atoms with Crippen molar-refractivity contribution in [3.05, 3.63) is 27.7 Å². The summed E-state index contributed by atoms with van der Waals surface area (Å²) < 4.78 is 0.926. The third kappa shape index (κ3) is 3.81. The van der Waals surface area contributed by atoms with E-state index in [1.807, 2.05) is 32.9 Å². The normalized spacial score (nSPS) is 25.0. The van der Waals surface area contributed by atoms with Crippen molar-refractivity contribution in [1.82, 2.24) is 0 Å². The van der Waals surface area contributed by atoms with Crippen molar-refractivity contribution in [1.29, 1.82) is 0 Å². The molecule has 1 aliphatic carbocycles. The number of amides is 2. The van der Waals surface area contributed by atoms with Gasteiger partial charge in [-0.2, -0.15) is 0 Å². The maximum atomic E-state index is 13.7. The predicted octanol–water partition coefficient (Wildman–Crippen LogP) is 5.25. The molecule has 1 aromatic carbocycles. The fourth-order valence-electron chi connectivity index (χ4n) is 5.07. The van der Waals surface area contributed by atoms with Crippen molar-refractivity contribution in [3.63, 3.8) is 0 Å². The number of ketones is 2. The van der Waals surface area contributed by atoms with E-state index in [0.717, 1.165) is 15.6 Å². The number of carbonyl (C=O) groups is 4. The molecule has 2 atom stereocenters. The van der Waals surface area contributed by atoms with Gasteiger partial charge in [0.25, 0.3) is 0 Å². The minimum atomic E-state index is -1.36. The molecule has 2 aliphatic rings. The molecule has 1 heterocycles. The van der Waals surface area contributed by atoms with Gasteiger partial charge in [-0.1, -0.05) is 57.5 Å². The molecule has 0 bridgehead atoms. The standard InChI is InChI=1S/C25H32BrNO4/c1-14(28)25(10-8-9-20(25)29)17-13-21(30)27(22(17)31)19-12-15(23(2,3)4)18(26)11-16(19)24(5,6)7/h11-12,17H,8-10,13H2,1-7H3/t17-,25+/m0/s1. The lowest BCUT2D eigenvalue weighted by Gasteiger charge is -2.32. The highest BCUT2D eigenvalue weighted by atomic mass is 79.9. The Labute approximate surface area is 193 Å². The Bertz CT molecular complexity index is 982. The molecular formula is C25H32BrNO4. The summed E-state index contributed by atoms with van der Waals surface area (Å²) in [5.41, 5.74) is 0.515. The van der Waals surface area contributed by atoms with Gasteiger partial charge in [-0.25, -0.2) is 4.90 Å². The monoisotopic (exact) mass is 489 g/mol. The number of nitrogens with zero attached hydrogens (tertiary/aromatic N) is 1. The highest BCUT2D eigenvalue weighted by Crippen LogP contribution is 2.49. The number of benzene rings is 1. The van der Waals surface area contributed by atoms with Gasteiger partial charge in [0.2, 0.25) is 11.8 Å². The summed E-state index contributed by atoms with van der Waals surface area (Å²) in [6.07, 6.45) is 1.11. The number of hydrogen-bond donors (Lipinski definition) is 0. The van der Waals surface area contributed by atoms with Crippen molar-refractivity contribution < 1.29 is 19.2 Å². The lowest BCUT2D eigenvalue weighted by Crippen LogP contribution is -2.45. The third-order valence-corrected chi connectivity index (χ3v) is 7.44. The van der Waals surface area contributed by atoms with E-state index in [9.17, 15) is 19.2 Å². The van der Waals surface area contributed by atoms with E-state index in [2.05, 4.69) is 36.7 Å². The Morgan fingerprint density at radius 1 is 1.03 bits per heavy atom. The molecule has 1 saturated heterocycles. The quantitative estimate of drug-likeness (QED) is 0.429. The molecule has 1 aromatic rings. The van der Waals surface area contributed by atoms with Crippen LogP contribution in [0.4, 0.5) is 5.69 Å². The first kappa shape index (κ1) is 23.8. The molecule has 0 aromatic heterocycles. The number of carbonyl (C=O) groups excluding carboxylic acids is 4. The van der Waals surface area contributed by atoms with Crippen LogP contribution in [-0.2, 0) is 30.0 Å². The molecule has 0 N–H and O–H groups in total. The van der Waals surface area contributed by atoms with Gasteiger partial charge in [-0.3, -0.25) is 19.2 Å². The SMILES string of the molecule is CC(=O)[C@@]1([C@H]2CC(=O)N(c3cc(C(C)(C)C)c(Br)cc3C(C)(C)C)C2=O)CCCC1=O. The van der Waals surface area contributed by atoms with E-state index in [1.165, 1.54) is 11.8 Å². The van der Waals surface area contributed by atoms with Gasteiger partial charge >= 0.3 is 0 Å². The van der Waals surface area contributed by atoms with Gasteiger partial charge < -0.3 is 0 Å². The van der Waals surface area contributed by atoms with Gasteiger partial charge in [0.15, 0.2) is 0 Å². The molecule has 1 saturated carbocycles. The van der Waals surface area contributed by atoms with Crippen LogP contribution in [0.5, 0.6) is 0 Å². The molecule has 6 heteroatoms. The molecule has 3 rings (SSSR count). The Balaban J connectivity index is 2.19. The fraction of sp³-hybridized carbons (Fsp3) is 0.600. The Hall–Kier alpha value is -1.82. The van der Waals surface area contributed by atoms with E-state index < -0.39 is 17.2 Å². The summed E-state index contributed by atoms with van der Waals surface area (Å²) in [5, 5.41) is 0. The van der Waals surface area contributed by atoms with Gasteiger partial charge in [0.1, 0.15) is 11.6 Å². The van der Waals surface area contributed by atoms with Crippen molar-refractivity contribution in [2.24, 2.45) is 11.3 Å². The van der Waals surface area contributed by atoms with Crippen LogP contribution >= 0.6 is 15.9 Å². The predicted molar refractivity (Wildman–Crippen MR) is 124 cm³/mol. The lowest BCUT2D eigenvalue weighted by atomic mass is 9.69. The second-order valence-electron chi connectivity index (χ2n) is 11.0. The summed E-state index contributed by atoms with van der Waals surface area (Å²) in [5.74, 6) is -2.19. The maximum Gasteiger partial charge on any atom is 0.238 e. The first-order chi connectivity index (χ1) is 14.1. The van der Waals surface area contributed by atoms with Crippen LogP contribution in [-0.4, -0.2) is 23.4 Å². The average Bonchev–Trinajstić information content (AvgIpc) is 3.13. The van der Waals surface area contributed by atoms with Crippen LogP contribution < -0.4 is 4.90 Å².